The highest BCUT2D eigenvalue weighted by molar-refractivity contribution is 6.07. The molecule has 5 nitrogen and oxygen atoms in total. The maximum atomic E-state index is 13.4. The zero-order chi connectivity index (χ0) is 20.1. The summed E-state index contributed by atoms with van der Waals surface area (Å²) in [6.45, 7) is 0.370. The van der Waals surface area contributed by atoms with Crippen molar-refractivity contribution in [1.82, 2.24) is 9.97 Å². The molecule has 2 heterocycles. The molecule has 0 spiro atoms. The number of hydrogen-bond acceptors (Lipinski definition) is 4. The average Bonchev–Trinajstić information content (AvgIpc) is 2.68. The molecule has 0 aliphatic heterocycles. The van der Waals surface area contributed by atoms with Crippen LogP contribution in [0.25, 0.3) is 0 Å². The summed E-state index contributed by atoms with van der Waals surface area (Å²) in [7, 11) is 0. The zero-order valence-electron chi connectivity index (χ0n) is 14.3. The van der Waals surface area contributed by atoms with Crippen LogP contribution >= 0.6 is 0 Å². The summed E-state index contributed by atoms with van der Waals surface area (Å²) in [5.41, 5.74) is -0.593. The number of amides is 1. The highest BCUT2D eigenvalue weighted by Crippen LogP contribution is 2.33. The van der Waals surface area contributed by atoms with Crippen LogP contribution in [0.5, 0.6) is 0 Å². The van der Waals surface area contributed by atoms with Gasteiger partial charge in [0.05, 0.1) is 11.1 Å². The molecule has 0 saturated carbocycles. The van der Waals surface area contributed by atoms with E-state index in [1.807, 2.05) is 0 Å². The van der Waals surface area contributed by atoms with E-state index in [-0.39, 0.29) is 17.1 Å². The molecule has 28 heavy (non-hydrogen) atoms. The summed E-state index contributed by atoms with van der Waals surface area (Å²) in [5.74, 6) is -1.83. The van der Waals surface area contributed by atoms with Crippen molar-refractivity contribution < 1.29 is 22.4 Å². The van der Waals surface area contributed by atoms with Gasteiger partial charge < -0.3 is 10.6 Å². The van der Waals surface area contributed by atoms with Crippen molar-refractivity contribution in [2.24, 2.45) is 0 Å². The topological polar surface area (TPSA) is 66.9 Å². The number of carbonyl (C=O) groups excluding carboxylic acids is 1. The lowest BCUT2D eigenvalue weighted by atomic mass is 10.1. The molecule has 0 unspecified atom stereocenters. The van der Waals surface area contributed by atoms with Crippen molar-refractivity contribution in [1.29, 1.82) is 0 Å². The second-order valence-electron chi connectivity index (χ2n) is 5.76. The van der Waals surface area contributed by atoms with Crippen molar-refractivity contribution in [2.75, 3.05) is 10.6 Å². The minimum absolute atomic E-state index is 0.134. The minimum Gasteiger partial charge on any atom is -0.365 e. The molecule has 0 radical (unpaired) electrons. The Morgan fingerprint density at radius 1 is 1.04 bits per heavy atom. The third-order valence-corrected chi connectivity index (χ3v) is 3.79. The van der Waals surface area contributed by atoms with Gasteiger partial charge in [-0.1, -0.05) is 0 Å². The van der Waals surface area contributed by atoms with Crippen LogP contribution in [-0.4, -0.2) is 15.9 Å². The van der Waals surface area contributed by atoms with E-state index in [0.717, 1.165) is 11.6 Å². The van der Waals surface area contributed by atoms with Gasteiger partial charge in [-0.15, -0.1) is 0 Å². The highest BCUT2D eigenvalue weighted by Gasteiger charge is 2.34. The third-order valence-electron chi connectivity index (χ3n) is 3.79. The van der Waals surface area contributed by atoms with Gasteiger partial charge in [-0.25, -0.2) is 9.37 Å². The first-order chi connectivity index (χ1) is 13.3. The predicted molar refractivity (Wildman–Crippen MR) is 95.2 cm³/mol. The van der Waals surface area contributed by atoms with E-state index in [0.29, 0.717) is 18.7 Å². The fraction of sp³-hybridized carbons (Fsp3) is 0.105. The summed E-state index contributed by atoms with van der Waals surface area (Å²) < 4.78 is 51.9. The molecule has 0 atom stereocenters. The van der Waals surface area contributed by atoms with Gasteiger partial charge in [-0.3, -0.25) is 9.78 Å². The molecule has 2 aromatic heterocycles. The van der Waals surface area contributed by atoms with Crippen molar-refractivity contribution in [2.45, 2.75) is 12.7 Å². The first kappa shape index (κ1) is 19.3. The Morgan fingerprint density at radius 2 is 1.79 bits per heavy atom. The molecule has 3 aromatic rings. The quantitative estimate of drug-likeness (QED) is 0.630. The maximum Gasteiger partial charge on any atom is 0.419 e. The number of nitrogens with one attached hydrogen (secondary N) is 2. The van der Waals surface area contributed by atoms with Crippen LogP contribution in [0.1, 0.15) is 21.5 Å². The zero-order valence-corrected chi connectivity index (χ0v) is 14.3. The van der Waals surface area contributed by atoms with Gasteiger partial charge in [0, 0.05) is 30.8 Å². The number of anilines is 2. The number of halogens is 4. The summed E-state index contributed by atoms with van der Waals surface area (Å²) in [4.78, 5) is 20.5. The van der Waals surface area contributed by atoms with Crippen LogP contribution in [0.4, 0.5) is 29.1 Å². The normalized spacial score (nSPS) is 11.1. The Labute approximate surface area is 157 Å². The van der Waals surface area contributed by atoms with Crippen molar-refractivity contribution in [3.8, 4) is 0 Å². The SMILES string of the molecule is O=C(Nc1ccc(F)c(C(F)(F)F)c1)c1cccnc1NCc1ccncc1. The lowest BCUT2D eigenvalue weighted by Gasteiger charge is -2.13. The van der Waals surface area contributed by atoms with Crippen LogP contribution in [0.3, 0.4) is 0 Å². The molecule has 144 valence electrons. The number of hydrogen-bond donors (Lipinski definition) is 2. The van der Waals surface area contributed by atoms with Crippen LogP contribution in [0, 0.1) is 5.82 Å². The van der Waals surface area contributed by atoms with E-state index < -0.39 is 23.5 Å². The molecule has 0 aliphatic carbocycles. The van der Waals surface area contributed by atoms with E-state index >= 15 is 0 Å². The average molecular weight is 390 g/mol. The number of pyridine rings is 2. The Balaban J connectivity index is 1.78. The summed E-state index contributed by atoms with van der Waals surface area (Å²) in [6.07, 6.45) is -0.145. The van der Waals surface area contributed by atoms with Crippen molar-refractivity contribution in [3.05, 3.63) is 83.6 Å². The predicted octanol–water partition coefficient (Wildman–Crippen LogP) is 4.50. The lowest BCUT2D eigenvalue weighted by molar-refractivity contribution is -0.139. The molecule has 9 heteroatoms. The highest BCUT2D eigenvalue weighted by atomic mass is 19.4. The Kier molecular flexibility index (Phi) is 5.53. The second-order valence-corrected chi connectivity index (χ2v) is 5.76. The summed E-state index contributed by atoms with van der Waals surface area (Å²) in [5, 5.41) is 5.34. The molecule has 0 bridgehead atoms. The Bertz CT molecular complexity index is 977. The van der Waals surface area contributed by atoms with Gasteiger partial charge in [0.1, 0.15) is 11.6 Å². The van der Waals surface area contributed by atoms with Crippen LogP contribution in [-0.2, 0) is 12.7 Å². The number of alkyl halides is 3. The van der Waals surface area contributed by atoms with Gasteiger partial charge in [0.15, 0.2) is 0 Å². The van der Waals surface area contributed by atoms with Gasteiger partial charge in [-0.05, 0) is 48.0 Å². The minimum atomic E-state index is -4.86. The summed E-state index contributed by atoms with van der Waals surface area (Å²) in [6, 6.07) is 8.84. The molecular weight excluding hydrogens is 376 g/mol. The smallest absolute Gasteiger partial charge is 0.365 e. The number of carbonyl (C=O) groups is 1. The molecule has 2 N–H and O–H groups in total. The second kappa shape index (κ2) is 8.03. The lowest BCUT2D eigenvalue weighted by Crippen LogP contribution is -2.17. The van der Waals surface area contributed by atoms with Crippen LogP contribution < -0.4 is 10.6 Å². The third kappa shape index (κ3) is 4.61. The Hall–Kier alpha value is -3.49. The van der Waals surface area contributed by atoms with Gasteiger partial charge in [-0.2, -0.15) is 13.2 Å². The number of aromatic nitrogens is 2. The molecule has 1 aromatic carbocycles. The van der Waals surface area contributed by atoms with E-state index in [1.54, 1.807) is 24.5 Å². The number of rotatable bonds is 5. The number of nitrogens with zero attached hydrogens (tertiary/aromatic N) is 2. The summed E-state index contributed by atoms with van der Waals surface area (Å²) >= 11 is 0. The molecule has 0 fully saturated rings. The fourth-order valence-corrected chi connectivity index (χ4v) is 2.43. The van der Waals surface area contributed by atoms with Gasteiger partial charge in [0.2, 0.25) is 0 Å². The monoisotopic (exact) mass is 390 g/mol. The van der Waals surface area contributed by atoms with Crippen LogP contribution in [0.2, 0.25) is 0 Å². The van der Waals surface area contributed by atoms with Gasteiger partial charge >= 0.3 is 6.18 Å². The van der Waals surface area contributed by atoms with E-state index in [4.69, 9.17) is 0 Å². The molecule has 1 amide bonds. The molecule has 0 aliphatic rings. The molecular formula is C19H14F4N4O. The fourth-order valence-electron chi connectivity index (χ4n) is 2.43. The first-order valence-electron chi connectivity index (χ1n) is 8.10. The van der Waals surface area contributed by atoms with E-state index in [9.17, 15) is 22.4 Å². The maximum absolute atomic E-state index is 13.4. The van der Waals surface area contributed by atoms with Gasteiger partial charge in [0.25, 0.3) is 5.91 Å². The van der Waals surface area contributed by atoms with E-state index in [2.05, 4.69) is 20.6 Å². The van der Waals surface area contributed by atoms with Crippen molar-refractivity contribution >= 4 is 17.4 Å². The number of benzene rings is 1. The Morgan fingerprint density at radius 3 is 2.50 bits per heavy atom. The molecule has 3 rings (SSSR count). The van der Waals surface area contributed by atoms with Crippen molar-refractivity contribution in [3.63, 3.8) is 0 Å². The van der Waals surface area contributed by atoms with Crippen LogP contribution in [0.15, 0.2) is 61.1 Å². The largest absolute Gasteiger partial charge is 0.419 e. The standard InChI is InChI=1S/C19H14F4N4O/c20-16-4-3-13(10-15(16)19(21,22)23)27-18(28)14-2-1-7-25-17(14)26-11-12-5-8-24-9-6-12/h1-10H,11H2,(H,25,26)(H,27,28). The molecule has 0 saturated heterocycles. The first-order valence-corrected chi connectivity index (χ1v) is 8.10. The van der Waals surface area contributed by atoms with E-state index in [1.165, 1.54) is 18.3 Å².